The Hall–Kier alpha value is -3.43. The van der Waals surface area contributed by atoms with Crippen LogP contribution in [0.2, 0.25) is 0 Å². The number of hydrogen-bond acceptors (Lipinski definition) is 6. The first-order valence-electron chi connectivity index (χ1n) is 12.2. The molecule has 1 aliphatic heterocycles. The average Bonchev–Trinajstić information content (AvgIpc) is 2.95. The van der Waals surface area contributed by atoms with Gasteiger partial charge in [-0.25, -0.2) is 8.42 Å². The Balaban J connectivity index is 1.44. The van der Waals surface area contributed by atoms with E-state index in [9.17, 15) is 21.6 Å². The van der Waals surface area contributed by atoms with Crippen molar-refractivity contribution in [3.05, 3.63) is 95.1 Å². The third-order valence-corrected chi connectivity index (χ3v) is 8.45. The summed E-state index contributed by atoms with van der Waals surface area (Å²) in [5, 5.41) is 9.02. The van der Waals surface area contributed by atoms with Gasteiger partial charge in [0.05, 0.1) is 41.9 Å². The number of alkyl halides is 3. The van der Waals surface area contributed by atoms with Crippen LogP contribution in [0.15, 0.2) is 77.7 Å². The molecule has 1 heterocycles. The maximum absolute atomic E-state index is 13.1. The molecule has 0 spiro atoms. The van der Waals surface area contributed by atoms with Crippen LogP contribution in [0.4, 0.5) is 13.2 Å². The van der Waals surface area contributed by atoms with Crippen molar-refractivity contribution in [2.24, 2.45) is 0 Å². The second-order valence-corrected chi connectivity index (χ2v) is 11.1. The maximum atomic E-state index is 13.1. The van der Waals surface area contributed by atoms with Crippen molar-refractivity contribution in [1.82, 2.24) is 9.21 Å². The fraction of sp³-hybridized carbons (Fsp3) is 0.321. The van der Waals surface area contributed by atoms with Crippen LogP contribution in [-0.4, -0.2) is 57.5 Å². The number of rotatable bonds is 9. The van der Waals surface area contributed by atoms with Gasteiger partial charge in [0.1, 0.15) is 5.75 Å². The fourth-order valence-electron chi connectivity index (χ4n) is 4.34. The molecule has 0 radical (unpaired) electrons. The molecule has 3 aromatic rings. The predicted octanol–water partition coefficient (Wildman–Crippen LogP) is 4.85. The molecule has 0 amide bonds. The van der Waals surface area contributed by atoms with Gasteiger partial charge in [-0.05, 0) is 53.6 Å². The smallest absolute Gasteiger partial charge is 0.416 e. The van der Waals surface area contributed by atoms with Crippen LogP contribution in [0, 0.1) is 11.3 Å². The minimum atomic E-state index is -4.63. The van der Waals surface area contributed by atoms with Gasteiger partial charge in [-0.3, -0.25) is 4.90 Å². The molecule has 0 saturated carbocycles. The minimum absolute atomic E-state index is 0.138. The topological polar surface area (TPSA) is 82.9 Å². The summed E-state index contributed by atoms with van der Waals surface area (Å²) in [6.07, 6.45) is -4.99. The zero-order valence-electron chi connectivity index (χ0n) is 21.3. The molecule has 1 atom stereocenters. The summed E-state index contributed by atoms with van der Waals surface area (Å²) in [4.78, 5) is 1.70. The van der Waals surface area contributed by atoms with Crippen molar-refractivity contribution in [1.29, 1.82) is 5.26 Å². The molecular weight excluding hydrogens is 531 g/mol. The molecule has 0 N–H and O–H groups in total. The van der Waals surface area contributed by atoms with Crippen molar-refractivity contribution < 1.29 is 31.1 Å². The second kappa shape index (κ2) is 12.2. The number of nitriles is 1. The highest BCUT2D eigenvalue weighted by molar-refractivity contribution is 7.89. The quantitative estimate of drug-likeness (QED) is 0.373. The molecule has 0 unspecified atom stereocenters. The summed E-state index contributed by atoms with van der Waals surface area (Å²) >= 11 is 0. The van der Waals surface area contributed by atoms with Gasteiger partial charge in [0, 0.05) is 32.7 Å². The Morgan fingerprint density at radius 3 is 2.31 bits per heavy atom. The molecule has 0 aromatic heterocycles. The summed E-state index contributed by atoms with van der Waals surface area (Å²) < 4.78 is 78.4. The molecule has 39 heavy (non-hydrogen) atoms. The van der Waals surface area contributed by atoms with E-state index in [2.05, 4.69) is 11.0 Å². The van der Waals surface area contributed by atoms with Crippen molar-refractivity contribution in [2.75, 3.05) is 39.8 Å². The molecule has 4 rings (SSSR count). The molecule has 1 saturated heterocycles. The first-order valence-corrected chi connectivity index (χ1v) is 13.7. The number of methoxy groups -OCH3 is 1. The Labute approximate surface area is 226 Å². The lowest BCUT2D eigenvalue weighted by molar-refractivity contribution is -0.137. The highest BCUT2D eigenvalue weighted by Gasteiger charge is 2.34. The Kier molecular flexibility index (Phi) is 8.92. The van der Waals surface area contributed by atoms with Gasteiger partial charge >= 0.3 is 6.18 Å². The fourth-order valence-corrected chi connectivity index (χ4v) is 5.81. The van der Waals surface area contributed by atoms with Crippen molar-refractivity contribution in [3.63, 3.8) is 0 Å². The number of ether oxygens (including phenoxy) is 2. The van der Waals surface area contributed by atoms with E-state index in [1.807, 2.05) is 36.4 Å². The predicted molar refractivity (Wildman–Crippen MR) is 138 cm³/mol. The largest absolute Gasteiger partial charge is 0.497 e. The zero-order valence-corrected chi connectivity index (χ0v) is 22.1. The van der Waals surface area contributed by atoms with Crippen molar-refractivity contribution >= 4 is 10.0 Å². The molecular formula is C28H28F3N3O4S. The van der Waals surface area contributed by atoms with E-state index in [-0.39, 0.29) is 24.1 Å². The lowest BCUT2D eigenvalue weighted by Crippen LogP contribution is -2.49. The Morgan fingerprint density at radius 1 is 0.974 bits per heavy atom. The summed E-state index contributed by atoms with van der Waals surface area (Å²) in [5.41, 5.74) is 1.35. The Bertz CT molecular complexity index is 1410. The van der Waals surface area contributed by atoms with E-state index in [4.69, 9.17) is 14.7 Å². The second-order valence-electron chi connectivity index (χ2n) is 9.12. The van der Waals surface area contributed by atoms with E-state index >= 15 is 0 Å². The monoisotopic (exact) mass is 559 g/mol. The lowest BCUT2D eigenvalue weighted by atomic mass is 10.1. The van der Waals surface area contributed by atoms with E-state index in [1.165, 1.54) is 10.4 Å². The molecule has 1 aliphatic rings. The molecule has 7 nitrogen and oxygen atoms in total. The van der Waals surface area contributed by atoms with Gasteiger partial charge in [-0.1, -0.05) is 30.3 Å². The van der Waals surface area contributed by atoms with Gasteiger partial charge in [-0.15, -0.1) is 0 Å². The highest BCUT2D eigenvalue weighted by atomic mass is 32.2. The zero-order chi connectivity index (χ0) is 28.0. The standard InChI is InChI=1S/C28H28F3N3O4S/c1-37-25-6-2-4-23(16-25)27(38-20-22-10-8-21(18-32)9-11-22)19-33-12-14-34(15-13-33)39(35,36)26-7-3-5-24(17-26)28(29,30)31/h2-11,16-17,27H,12-15,19-20H2,1H3/t27-/m1/s1. The first-order chi connectivity index (χ1) is 18.6. The van der Waals surface area contributed by atoms with Crippen molar-refractivity contribution in [3.8, 4) is 11.8 Å². The van der Waals surface area contributed by atoms with Crippen LogP contribution >= 0.6 is 0 Å². The third-order valence-electron chi connectivity index (χ3n) is 6.55. The summed E-state index contributed by atoms with van der Waals surface area (Å²) in [6, 6.07) is 20.5. The number of piperazine rings is 1. The van der Waals surface area contributed by atoms with Crippen LogP contribution in [0.3, 0.4) is 0 Å². The summed E-state index contributed by atoms with van der Waals surface area (Å²) in [6.45, 7) is 1.83. The number of benzene rings is 3. The van der Waals surface area contributed by atoms with Gasteiger partial charge < -0.3 is 9.47 Å². The normalized spacial score (nSPS) is 16.0. The van der Waals surface area contributed by atoms with Crippen LogP contribution in [0.25, 0.3) is 0 Å². The summed E-state index contributed by atoms with van der Waals surface area (Å²) in [5.74, 6) is 0.677. The van der Waals surface area contributed by atoms with E-state index in [0.717, 1.165) is 23.3 Å². The van der Waals surface area contributed by atoms with Gasteiger partial charge in [0.15, 0.2) is 0 Å². The van der Waals surface area contributed by atoms with E-state index in [1.54, 1.807) is 19.2 Å². The van der Waals surface area contributed by atoms with Crippen molar-refractivity contribution in [2.45, 2.75) is 23.8 Å². The van der Waals surface area contributed by atoms with E-state index < -0.39 is 21.8 Å². The van der Waals surface area contributed by atoms with Gasteiger partial charge in [-0.2, -0.15) is 22.7 Å². The SMILES string of the molecule is COc1cccc([C@@H](CN2CCN(S(=O)(=O)c3cccc(C(F)(F)F)c3)CC2)OCc2ccc(C#N)cc2)c1. The van der Waals surface area contributed by atoms with Crippen LogP contribution < -0.4 is 4.74 Å². The van der Waals surface area contributed by atoms with Crippen LogP contribution in [-0.2, 0) is 27.5 Å². The first kappa shape index (κ1) is 28.6. The van der Waals surface area contributed by atoms with Gasteiger partial charge in [0.2, 0.25) is 10.0 Å². The molecule has 11 heteroatoms. The van der Waals surface area contributed by atoms with Gasteiger partial charge in [0.25, 0.3) is 0 Å². The molecule has 1 fully saturated rings. The minimum Gasteiger partial charge on any atom is -0.497 e. The Morgan fingerprint density at radius 2 is 1.67 bits per heavy atom. The maximum Gasteiger partial charge on any atom is 0.416 e. The van der Waals surface area contributed by atoms with E-state index in [0.29, 0.717) is 43.6 Å². The third kappa shape index (κ3) is 7.16. The molecule has 0 bridgehead atoms. The molecule has 206 valence electrons. The number of sulfonamides is 1. The number of halogens is 3. The van der Waals surface area contributed by atoms with Crippen LogP contribution in [0.5, 0.6) is 5.75 Å². The molecule has 0 aliphatic carbocycles. The average molecular weight is 560 g/mol. The summed E-state index contributed by atoms with van der Waals surface area (Å²) in [7, 11) is -2.49. The molecule has 3 aromatic carbocycles. The number of nitrogens with zero attached hydrogens (tertiary/aromatic N) is 3. The lowest BCUT2D eigenvalue weighted by Gasteiger charge is -2.36. The number of hydrogen-bond donors (Lipinski definition) is 0. The highest BCUT2D eigenvalue weighted by Crippen LogP contribution is 2.31. The van der Waals surface area contributed by atoms with Crippen LogP contribution in [0.1, 0.15) is 28.4 Å².